The summed E-state index contributed by atoms with van der Waals surface area (Å²) < 4.78 is 11.3. The van der Waals surface area contributed by atoms with E-state index in [2.05, 4.69) is 20.3 Å². The first-order valence-electron chi connectivity index (χ1n) is 9.69. The fourth-order valence-electron chi connectivity index (χ4n) is 3.35. The second-order valence-corrected chi connectivity index (χ2v) is 7.12. The van der Waals surface area contributed by atoms with Crippen molar-refractivity contribution in [2.45, 2.75) is 46.8 Å². The zero-order chi connectivity index (χ0) is 20.4. The molecular formula is C21H23N5O3. The molecule has 0 unspecified atom stereocenters. The largest absolute Gasteiger partial charge is 0.471 e. The molecule has 1 amide bonds. The molecule has 1 aliphatic rings. The minimum Gasteiger partial charge on any atom is -0.471 e. The highest BCUT2D eigenvalue weighted by atomic mass is 16.5. The van der Waals surface area contributed by atoms with Crippen LogP contribution in [0, 0.1) is 13.8 Å². The number of aryl methyl sites for hydroxylation is 2. The molecule has 0 spiro atoms. The summed E-state index contributed by atoms with van der Waals surface area (Å²) in [5.41, 5.74) is 5.29. The van der Waals surface area contributed by atoms with E-state index in [1.165, 1.54) is 0 Å². The Labute approximate surface area is 168 Å². The number of amides is 1. The van der Waals surface area contributed by atoms with Gasteiger partial charge in [0.25, 0.3) is 0 Å². The lowest BCUT2D eigenvalue weighted by molar-refractivity contribution is -0.131. The molecule has 0 radical (unpaired) electrons. The van der Waals surface area contributed by atoms with Gasteiger partial charge in [-0.15, -0.1) is 10.2 Å². The van der Waals surface area contributed by atoms with Gasteiger partial charge < -0.3 is 14.2 Å². The van der Waals surface area contributed by atoms with Crippen molar-refractivity contribution in [2.24, 2.45) is 0 Å². The van der Waals surface area contributed by atoms with Crippen LogP contribution >= 0.6 is 0 Å². The summed E-state index contributed by atoms with van der Waals surface area (Å²) >= 11 is 0. The molecule has 0 atom stereocenters. The van der Waals surface area contributed by atoms with Gasteiger partial charge in [0.15, 0.2) is 0 Å². The molecule has 0 aromatic carbocycles. The average Bonchev–Trinajstić information content (AvgIpc) is 3.12. The number of rotatable bonds is 5. The second-order valence-electron chi connectivity index (χ2n) is 7.12. The van der Waals surface area contributed by atoms with Gasteiger partial charge in [-0.05, 0) is 38.0 Å². The summed E-state index contributed by atoms with van der Waals surface area (Å²) in [6.45, 7) is 7.13. The quantitative estimate of drug-likeness (QED) is 0.657. The van der Waals surface area contributed by atoms with Crippen LogP contribution in [0.1, 0.15) is 41.6 Å². The third-order valence-electron chi connectivity index (χ3n) is 5.12. The highest BCUT2D eigenvalue weighted by Gasteiger charge is 2.22. The van der Waals surface area contributed by atoms with Gasteiger partial charge in [0.1, 0.15) is 18.1 Å². The van der Waals surface area contributed by atoms with Crippen molar-refractivity contribution in [2.75, 3.05) is 6.54 Å². The van der Waals surface area contributed by atoms with Gasteiger partial charge in [-0.2, -0.15) is 0 Å². The predicted molar refractivity (Wildman–Crippen MR) is 105 cm³/mol. The molecule has 150 valence electrons. The maximum absolute atomic E-state index is 11.9. The fraction of sp³-hybridized carbons (Fsp3) is 0.381. The monoisotopic (exact) mass is 393 g/mol. The fourth-order valence-corrected chi connectivity index (χ4v) is 3.35. The maximum Gasteiger partial charge on any atom is 0.234 e. The number of ether oxygens (including phenoxy) is 1. The Balaban J connectivity index is 1.49. The number of pyridine rings is 1. The summed E-state index contributed by atoms with van der Waals surface area (Å²) in [5.74, 6) is 1.28. The van der Waals surface area contributed by atoms with E-state index in [0.717, 1.165) is 40.2 Å². The molecule has 0 fully saturated rings. The number of aromatic nitrogens is 4. The standard InChI is InChI=1S/C21H23N5O3/c1-4-20(27)26-8-7-15-9-19(24-23-18(15)11-26)28-12-17-14(3)29-25-21(17)16-6-5-13(2)22-10-16/h5-6,9-10H,4,7-8,11-12H2,1-3H3. The lowest BCUT2D eigenvalue weighted by Gasteiger charge is -2.27. The van der Waals surface area contributed by atoms with Crippen LogP contribution in [0.15, 0.2) is 28.9 Å². The van der Waals surface area contributed by atoms with E-state index >= 15 is 0 Å². The number of carbonyl (C=O) groups is 1. The molecule has 3 aromatic rings. The number of hydrogen-bond donors (Lipinski definition) is 0. The molecule has 3 aromatic heterocycles. The highest BCUT2D eigenvalue weighted by Crippen LogP contribution is 2.27. The third-order valence-corrected chi connectivity index (χ3v) is 5.12. The summed E-state index contributed by atoms with van der Waals surface area (Å²) in [7, 11) is 0. The second kappa shape index (κ2) is 7.98. The highest BCUT2D eigenvalue weighted by molar-refractivity contribution is 5.76. The molecule has 29 heavy (non-hydrogen) atoms. The minimum atomic E-state index is 0.138. The van der Waals surface area contributed by atoms with Crippen LogP contribution in [-0.4, -0.2) is 37.7 Å². The van der Waals surface area contributed by atoms with E-state index in [0.29, 0.717) is 31.2 Å². The first kappa shape index (κ1) is 19.0. The molecule has 0 bridgehead atoms. The van der Waals surface area contributed by atoms with Gasteiger partial charge in [0, 0.05) is 36.5 Å². The lowest BCUT2D eigenvalue weighted by Crippen LogP contribution is -2.36. The van der Waals surface area contributed by atoms with E-state index < -0.39 is 0 Å². The van der Waals surface area contributed by atoms with E-state index in [4.69, 9.17) is 9.26 Å². The van der Waals surface area contributed by atoms with E-state index in [1.54, 1.807) is 6.20 Å². The Morgan fingerprint density at radius 1 is 1.28 bits per heavy atom. The Bertz CT molecular complexity index is 1030. The summed E-state index contributed by atoms with van der Waals surface area (Å²) in [4.78, 5) is 18.1. The van der Waals surface area contributed by atoms with Gasteiger partial charge in [-0.1, -0.05) is 12.1 Å². The van der Waals surface area contributed by atoms with Crippen molar-refractivity contribution in [1.82, 2.24) is 25.2 Å². The minimum absolute atomic E-state index is 0.138. The summed E-state index contributed by atoms with van der Waals surface area (Å²) in [6.07, 6.45) is 3.03. The summed E-state index contributed by atoms with van der Waals surface area (Å²) in [5, 5.41) is 12.6. The van der Waals surface area contributed by atoms with Crippen LogP contribution < -0.4 is 4.74 Å². The predicted octanol–water partition coefficient (Wildman–Crippen LogP) is 3.02. The Kier molecular flexibility index (Phi) is 5.24. The molecule has 0 aliphatic carbocycles. The van der Waals surface area contributed by atoms with Crippen molar-refractivity contribution in [3.8, 4) is 17.1 Å². The van der Waals surface area contributed by atoms with Crippen LogP contribution in [0.2, 0.25) is 0 Å². The Hall–Kier alpha value is -3.29. The van der Waals surface area contributed by atoms with Crippen molar-refractivity contribution in [3.05, 3.63) is 52.7 Å². The molecule has 4 rings (SSSR count). The van der Waals surface area contributed by atoms with Crippen LogP contribution in [0.4, 0.5) is 0 Å². The first-order chi connectivity index (χ1) is 14.0. The number of hydrogen-bond acceptors (Lipinski definition) is 7. The van der Waals surface area contributed by atoms with Gasteiger partial charge in [-0.25, -0.2) is 0 Å². The third kappa shape index (κ3) is 3.96. The van der Waals surface area contributed by atoms with Crippen molar-refractivity contribution in [1.29, 1.82) is 0 Å². The normalized spacial score (nSPS) is 13.3. The lowest BCUT2D eigenvalue weighted by atomic mass is 10.1. The van der Waals surface area contributed by atoms with Crippen molar-refractivity contribution in [3.63, 3.8) is 0 Å². The van der Waals surface area contributed by atoms with Crippen molar-refractivity contribution < 1.29 is 14.1 Å². The first-order valence-corrected chi connectivity index (χ1v) is 9.69. The van der Waals surface area contributed by atoms with E-state index in [9.17, 15) is 4.79 Å². The Morgan fingerprint density at radius 3 is 2.90 bits per heavy atom. The molecule has 0 saturated carbocycles. The van der Waals surface area contributed by atoms with Gasteiger partial charge in [-0.3, -0.25) is 9.78 Å². The van der Waals surface area contributed by atoms with Gasteiger partial charge in [0.05, 0.1) is 17.8 Å². The molecule has 8 nitrogen and oxygen atoms in total. The number of fused-ring (bicyclic) bond motifs is 1. The van der Waals surface area contributed by atoms with Gasteiger partial charge >= 0.3 is 0 Å². The van der Waals surface area contributed by atoms with E-state index in [-0.39, 0.29) is 12.5 Å². The average molecular weight is 393 g/mol. The van der Waals surface area contributed by atoms with Crippen LogP contribution in [0.25, 0.3) is 11.3 Å². The smallest absolute Gasteiger partial charge is 0.234 e. The Morgan fingerprint density at radius 2 is 2.14 bits per heavy atom. The summed E-state index contributed by atoms with van der Waals surface area (Å²) in [6, 6.07) is 5.81. The topological polar surface area (TPSA) is 94.2 Å². The molecule has 0 saturated heterocycles. The molecule has 0 N–H and O–H groups in total. The van der Waals surface area contributed by atoms with E-state index in [1.807, 2.05) is 43.9 Å². The zero-order valence-corrected chi connectivity index (χ0v) is 16.8. The van der Waals surface area contributed by atoms with Crippen LogP contribution in [0.5, 0.6) is 5.88 Å². The molecule has 1 aliphatic heterocycles. The zero-order valence-electron chi connectivity index (χ0n) is 16.8. The molecule has 4 heterocycles. The van der Waals surface area contributed by atoms with Crippen LogP contribution in [0.3, 0.4) is 0 Å². The van der Waals surface area contributed by atoms with Gasteiger partial charge in [0.2, 0.25) is 11.8 Å². The number of carbonyl (C=O) groups excluding carboxylic acids is 1. The molecule has 8 heteroatoms. The maximum atomic E-state index is 11.9. The van der Waals surface area contributed by atoms with Crippen LogP contribution in [-0.2, 0) is 24.4 Å². The van der Waals surface area contributed by atoms with Crippen molar-refractivity contribution >= 4 is 5.91 Å². The molecular weight excluding hydrogens is 370 g/mol. The SMILES string of the molecule is CCC(=O)N1CCc2cc(OCc3c(-c4ccc(C)nc4)noc3C)nnc2C1. The number of nitrogens with zero attached hydrogens (tertiary/aromatic N) is 5.